The summed E-state index contributed by atoms with van der Waals surface area (Å²) in [6.45, 7) is 9.86. The van der Waals surface area contributed by atoms with Crippen molar-refractivity contribution in [3.8, 4) is 0 Å². The van der Waals surface area contributed by atoms with Crippen LogP contribution < -0.4 is 5.32 Å². The molecule has 1 aromatic heterocycles. The van der Waals surface area contributed by atoms with Crippen LogP contribution in [0.15, 0.2) is 24.3 Å². The molecule has 6 nitrogen and oxygen atoms in total. The second-order valence-corrected chi connectivity index (χ2v) is 9.89. The Kier molecular flexibility index (Phi) is 6.47. The highest BCUT2D eigenvalue weighted by atomic mass is 19.1. The molecule has 1 atom stereocenters. The van der Waals surface area contributed by atoms with Gasteiger partial charge in [0.05, 0.1) is 12.2 Å². The molecule has 2 aromatic rings. The number of carbonyl (C=O) groups excluding carboxylic acids is 1. The number of piperidine rings is 1. The molecule has 32 heavy (non-hydrogen) atoms. The fourth-order valence-corrected chi connectivity index (χ4v) is 4.72. The Morgan fingerprint density at radius 2 is 1.97 bits per heavy atom. The van der Waals surface area contributed by atoms with Crippen molar-refractivity contribution in [2.45, 2.75) is 57.9 Å². The van der Waals surface area contributed by atoms with E-state index in [2.05, 4.69) is 31.1 Å². The zero-order chi connectivity index (χ0) is 22.9. The van der Waals surface area contributed by atoms with Crippen molar-refractivity contribution in [2.75, 3.05) is 38.5 Å². The van der Waals surface area contributed by atoms with E-state index in [0.29, 0.717) is 25.6 Å². The van der Waals surface area contributed by atoms with E-state index in [1.165, 1.54) is 12.1 Å². The molecule has 172 valence electrons. The first-order valence-corrected chi connectivity index (χ1v) is 11.6. The van der Waals surface area contributed by atoms with Gasteiger partial charge in [-0.1, -0.05) is 26.0 Å². The van der Waals surface area contributed by atoms with Crippen LogP contribution in [0.5, 0.6) is 0 Å². The maximum absolute atomic E-state index is 13.4. The number of fused-ring (bicyclic) bond motifs is 1. The van der Waals surface area contributed by atoms with Crippen LogP contribution in [0.1, 0.15) is 62.2 Å². The Labute approximate surface area is 190 Å². The van der Waals surface area contributed by atoms with Crippen LogP contribution in [0.25, 0.3) is 0 Å². The van der Waals surface area contributed by atoms with Crippen molar-refractivity contribution in [1.82, 2.24) is 19.8 Å². The summed E-state index contributed by atoms with van der Waals surface area (Å²) >= 11 is 0. The van der Waals surface area contributed by atoms with Crippen molar-refractivity contribution >= 4 is 11.7 Å². The van der Waals surface area contributed by atoms with Gasteiger partial charge in [0.15, 0.2) is 0 Å². The lowest BCUT2D eigenvalue weighted by atomic mass is 9.84. The van der Waals surface area contributed by atoms with Crippen molar-refractivity contribution in [3.63, 3.8) is 0 Å². The molecule has 1 saturated heterocycles. The molecule has 1 fully saturated rings. The molecule has 0 unspecified atom stereocenters. The number of halogens is 1. The number of nitrogens with zero attached hydrogens (tertiary/aromatic N) is 4. The van der Waals surface area contributed by atoms with E-state index < -0.39 is 0 Å². The maximum Gasteiger partial charge on any atom is 0.219 e. The average molecular weight is 440 g/mol. The van der Waals surface area contributed by atoms with Gasteiger partial charge in [-0.15, -0.1) is 0 Å². The van der Waals surface area contributed by atoms with Gasteiger partial charge in [0.2, 0.25) is 5.91 Å². The maximum atomic E-state index is 13.4. The van der Waals surface area contributed by atoms with Crippen LogP contribution >= 0.6 is 0 Å². The number of aromatic nitrogens is 2. The van der Waals surface area contributed by atoms with Gasteiger partial charge in [0.1, 0.15) is 17.5 Å². The molecule has 2 aliphatic rings. The third-order valence-electron chi connectivity index (χ3n) is 6.84. The number of hydrogen-bond acceptors (Lipinski definition) is 5. The molecule has 0 radical (unpaired) electrons. The molecule has 0 bridgehead atoms. The minimum Gasteiger partial charge on any atom is -0.369 e. The van der Waals surface area contributed by atoms with Gasteiger partial charge < -0.3 is 15.1 Å². The van der Waals surface area contributed by atoms with Gasteiger partial charge in [-0.25, -0.2) is 14.4 Å². The lowest BCUT2D eigenvalue weighted by molar-refractivity contribution is -0.129. The molecule has 0 aliphatic carbocycles. The molecule has 7 heteroatoms. The first-order chi connectivity index (χ1) is 15.2. The zero-order valence-corrected chi connectivity index (χ0v) is 19.6. The smallest absolute Gasteiger partial charge is 0.219 e. The Balaban J connectivity index is 1.63. The Bertz CT molecular complexity index is 975. The van der Waals surface area contributed by atoms with E-state index in [-0.39, 0.29) is 17.1 Å². The van der Waals surface area contributed by atoms with Crippen molar-refractivity contribution in [2.24, 2.45) is 0 Å². The minimum absolute atomic E-state index is 0.0752. The monoisotopic (exact) mass is 439 g/mol. The van der Waals surface area contributed by atoms with E-state index in [9.17, 15) is 9.18 Å². The Hall–Kier alpha value is -2.54. The second-order valence-electron chi connectivity index (χ2n) is 9.89. The van der Waals surface area contributed by atoms with Crippen LogP contribution in [0.3, 0.4) is 0 Å². The lowest BCUT2D eigenvalue weighted by Gasteiger charge is -2.33. The van der Waals surface area contributed by atoms with Crippen LogP contribution in [0, 0.1) is 5.82 Å². The number of rotatable bonds is 5. The number of hydrogen-bond donors (Lipinski definition) is 1. The number of amides is 1. The van der Waals surface area contributed by atoms with E-state index in [1.54, 1.807) is 6.92 Å². The van der Waals surface area contributed by atoms with E-state index in [1.807, 2.05) is 17.0 Å². The number of anilines is 1. The molecule has 0 spiro atoms. The van der Waals surface area contributed by atoms with Gasteiger partial charge in [-0.05, 0) is 44.1 Å². The van der Waals surface area contributed by atoms with Crippen LogP contribution in [0.2, 0.25) is 0 Å². The highest BCUT2D eigenvalue weighted by Gasteiger charge is 2.29. The third kappa shape index (κ3) is 4.93. The largest absolute Gasteiger partial charge is 0.369 e. The number of benzene rings is 1. The van der Waals surface area contributed by atoms with Crippen molar-refractivity contribution < 1.29 is 9.18 Å². The SMILES string of the molecule is CC(=O)N1CCc2nc([C@H]3CCCN(C)C3)nc(NCC(C)(C)c3ccc(F)cc3)c2C1. The molecule has 3 heterocycles. The topological polar surface area (TPSA) is 61.4 Å². The van der Waals surface area contributed by atoms with Gasteiger partial charge in [-0.3, -0.25) is 4.79 Å². The Morgan fingerprint density at radius 3 is 2.66 bits per heavy atom. The number of likely N-dealkylation sites (N-methyl/N-ethyl adjacent to an activating group) is 1. The summed E-state index contributed by atoms with van der Waals surface area (Å²) in [6, 6.07) is 6.69. The number of likely N-dealkylation sites (tertiary alicyclic amines) is 1. The molecular formula is C25H34FN5O. The number of carbonyl (C=O) groups is 1. The van der Waals surface area contributed by atoms with Crippen LogP contribution in [-0.2, 0) is 23.2 Å². The molecular weight excluding hydrogens is 405 g/mol. The van der Waals surface area contributed by atoms with Gasteiger partial charge in [-0.2, -0.15) is 0 Å². The highest BCUT2D eigenvalue weighted by molar-refractivity contribution is 5.74. The molecule has 1 amide bonds. The van der Waals surface area contributed by atoms with Crippen molar-refractivity contribution in [3.05, 3.63) is 52.7 Å². The molecule has 2 aliphatic heterocycles. The minimum atomic E-state index is -0.228. The van der Waals surface area contributed by atoms with Gasteiger partial charge in [0, 0.05) is 49.9 Å². The molecule has 1 N–H and O–H groups in total. The second kappa shape index (κ2) is 9.14. The van der Waals surface area contributed by atoms with Crippen LogP contribution in [-0.4, -0.2) is 58.9 Å². The summed E-state index contributed by atoms with van der Waals surface area (Å²) in [5, 5.41) is 3.58. The number of nitrogens with one attached hydrogen (secondary N) is 1. The molecule has 1 aromatic carbocycles. The average Bonchev–Trinajstić information content (AvgIpc) is 2.77. The summed E-state index contributed by atoms with van der Waals surface area (Å²) in [4.78, 5) is 26.2. The summed E-state index contributed by atoms with van der Waals surface area (Å²) in [7, 11) is 2.15. The molecule has 4 rings (SSSR count). The summed E-state index contributed by atoms with van der Waals surface area (Å²) in [6.07, 6.45) is 3.01. The summed E-state index contributed by atoms with van der Waals surface area (Å²) in [5.74, 6) is 1.92. The quantitative estimate of drug-likeness (QED) is 0.769. The fourth-order valence-electron chi connectivity index (χ4n) is 4.72. The lowest BCUT2D eigenvalue weighted by Crippen LogP contribution is -2.37. The summed E-state index contributed by atoms with van der Waals surface area (Å²) in [5.41, 5.74) is 2.93. The van der Waals surface area contributed by atoms with E-state index >= 15 is 0 Å². The van der Waals surface area contributed by atoms with E-state index in [0.717, 1.165) is 60.8 Å². The van der Waals surface area contributed by atoms with Crippen molar-refractivity contribution in [1.29, 1.82) is 0 Å². The molecule has 0 saturated carbocycles. The third-order valence-corrected chi connectivity index (χ3v) is 6.84. The Morgan fingerprint density at radius 1 is 1.22 bits per heavy atom. The first kappa shape index (κ1) is 22.6. The normalized spacial score (nSPS) is 19.5. The van der Waals surface area contributed by atoms with Gasteiger partial charge in [0.25, 0.3) is 0 Å². The predicted molar refractivity (Wildman–Crippen MR) is 124 cm³/mol. The first-order valence-electron chi connectivity index (χ1n) is 11.6. The zero-order valence-electron chi connectivity index (χ0n) is 19.6. The highest BCUT2D eigenvalue weighted by Crippen LogP contribution is 2.31. The van der Waals surface area contributed by atoms with Gasteiger partial charge >= 0.3 is 0 Å². The van der Waals surface area contributed by atoms with Crippen LogP contribution in [0.4, 0.5) is 10.2 Å². The van der Waals surface area contributed by atoms with E-state index in [4.69, 9.17) is 9.97 Å². The standard InChI is InChI=1S/C25H34FN5O/c1-17(32)31-13-11-22-21(15-31)24(29-23(28-22)18-6-5-12-30(4)14-18)27-16-25(2,3)19-7-9-20(26)10-8-19/h7-10,18H,5-6,11-16H2,1-4H3,(H,27,28,29)/t18-/m0/s1. The summed E-state index contributed by atoms with van der Waals surface area (Å²) < 4.78 is 13.4. The fraction of sp³-hybridized carbons (Fsp3) is 0.560. The predicted octanol–water partition coefficient (Wildman–Crippen LogP) is 3.72.